The van der Waals surface area contributed by atoms with E-state index in [2.05, 4.69) is 4.98 Å². The first kappa shape index (κ1) is 12.4. The first-order chi connectivity index (χ1) is 7.65. The smallest absolute Gasteiger partial charge is 0.377 e. The van der Waals surface area contributed by atoms with Crippen molar-refractivity contribution in [1.82, 2.24) is 4.98 Å². The van der Waals surface area contributed by atoms with Crippen molar-refractivity contribution in [2.45, 2.75) is 11.8 Å². The second-order valence-corrected chi connectivity index (χ2v) is 3.69. The summed E-state index contributed by atoms with van der Waals surface area (Å²) in [6.45, 7) is 2.00. The Balaban J connectivity index is 2.66. The number of nitrogens with zero attached hydrogens (tertiary/aromatic N) is 2. The Morgan fingerprint density at radius 1 is 1.69 bits per heavy atom. The molecule has 0 radical (unpaired) electrons. The van der Waals surface area contributed by atoms with Gasteiger partial charge in [-0.2, -0.15) is 0 Å². The van der Waals surface area contributed by atoms with Crippen molar-refractivity contribution in [3.05, 3.63) is 28.4 Å². The van der Waals surface area contributed by atoms with Crippen LogP contribution in [0.15, 0.2) is 23.2 Å². The number of ether oxygens (including phenoxy) is 1. The molecule has 0 fully saturated rings. The number of esters is 1. The lowest BCUT2D eigenvalue weighted by Crippen LogP contribution is -2.06. The fourth-order valence-corrected chi connectivity index (χ4v) is 1.76. The number of pyridine rings is 1. The zero-order valence-corrected chi connectivity index (χ0v) is 9.40. The standard InChI is InChI=1S/C9H10N2O4S/c1-2-15-8(12)6-16-7-4-3-5-10-9(7)11(13)14/h3-5H,2,6H2,1H3. The molecule has 0 bridgehead atoms. The van der Waals surface area contributed by atoms with Crippen molar-refractivity contribution in [3.63, 3.8) is 0 Å². The average Bonchev–Trinajstić information content (AvgIpc) is 2.27. The van der Waals surface area contributed by atoms with E-state index in [-0.39, 0.29) is 11.6 Å². The maximum Gasteiger partial charge on any atom is 0.377 e. The summed E-state index contributed by atoms with van der Waals surface area (Å²) in [5, 5.41) is 10.6. The highest BCUT2D eigenvalue weighted by molar-refractivity contribution is 8.00. The highest BCUT2D eigenvalue weighted by Crippen LogP contribution is 2.26. The zero-order valence-electron chi connectivity index (χ0n) is 8.58. The van der Waals surface area contributed by atoms with Crippen LogP contribution in [-0.4, -0.2) is 28.2 Å². The highest BCUT2D eigenvalue weighted by atomic mass is 32.2. The summed E-state index contributed by atoms with van der Waals surface area (Å²) in [5.74, 6) is -0.595. The fourth-order valence-electron chi connectivity index (χ4n) is 0.971. The molecule has 0 aliphatic rings. The van der Waals surface area contributed by atoms with E-state index < -0.39 is 10.9 Å². The third-order valence-corrected chi connectivity index (χ3v) is 2.58. The SMILES string of the molecule is CCOC(=O)CSc1cccnc1[N+](=O)[O-]. The van der Waals surface area contributed by atoms with E-state index in [1.165, 1.54) is 6.20 Å². The van der Waals surface area contributed by atoms with Gasteiger partial charge in [0.05, 0.1) is 12.4 Å². The minimum atomic E-state index is -0.576. The van der Waals surface area contributed by atoms with Crippen molar-refractivity contribution < 1.29 is 14.5 Å². The summed E-state index contributed by atoms with van der Waals surface area (Å²) in [5.41, 5.74) is 0. The van der Waals surface area contributed by atoms with Gasteiger partial charge in [0, 0.05) is 0 Å². The molecule has 1 aromatic rings. The summed E-state index contributed by atoms with van der Waals surface area (Å²) in [6.07, 6.45) is 1.34. The van der Waals surface area contributed by atoms with Gasteiger partial charge in [0.25, 0.3) is 0 Å². The summed E-state index contributed by atoms with van der Waals surface area (Å²) < 4.78 is 4.71. The Morgan fingerprint density at radius 3 is 3.06 bits per heavy atom. The molecule has 0 amide bonds. The predicted octanol–water partition coefficient (Wildman–Crippen LogP) is 1.64. The summed E-state index contributed by atoms with van der Waals surface area (Å²) in [6, 6.07) is 3.13. The number of rotatable bonds is 5. The Hall–Kier alpha value is -1.63. The third kappa shape index (κ3) is 3.50. The highest BCUT2D eigenvalue weighted by Gasteiger charge is 2.15. The van der Waals surface area contributed by atoms with Gasteiger partial charge in [0.1, 0.15) is 11.1 Å². The molecule has 0 saturated heterocycles. The number of hydrogen-bond donors (Lipinski definition) is 0. The van der Waals surface area contributed by atoms with Crippen LogP contribution < -0.4 is 0 Å². The van der Waals surface area contributed by atoms with Crippen LogP contribution in [-0.2, 0) is 9.53 Å². The monoisotopic (exact) mass is 242 g/mol. The lowest BCUT2D eigenvalue weighted by Gasteiger charge is -2.02. The molecule has 0 aromatic carbocycles. The molecule has 0 atom stereocenters. The van der Waals surface area contributed by atoms with Crippen molar-refractivity contribution >= 4 is 23.5 Å². The van der Waals surface area contributed by atoms with Crippen LogP contribution in [0.5, 0.6) is 0 Å². The molecule has 1 aromatic heterocycles. The van der Waals surface area contributed by atoms with Crippen LogP contribution in [0.2, 0.25) is 0 Å². The van der Waals surface area contributed by atoms with Gasteiger partial charge < -0.3 is 14.9 Å². The van der Waals surface area contributed by atoms with Crippen molar-refractivity contribution in [3.8, 4) is 0 Å². The van der Waals surface area contributed by atoms with E-state index >= 15 is 0 Å². The lowest BCUT2D eigenvalue weighted by molar-refractivity contribution is -0.392. The molecule has 1 rings (SSSR count). The molecule has 0 aliphatic carbocycles. The topological polar surface area (TPSA) is 82.3 Å². The van der Waals surface area contributed by atoms with Crippen LogP contribution in [0.4, 0.5) is 5.82 Å². The molecule has 7 heteroatoms. The first-order valence-electron chi connectivity index (χ1n) is 4.53. The zero-order chi connectivity index (χ0) is 12.0. The van der Waals surface area contributed by atoms with Crippen LogP contribution in [0.3, 0.4) is 0 Å². The molecular weight excluding hydrogens is 232 g/mol. The molecular formula is C9H10N2O4S. The molecule has 1 heterocycles. The van der Waals surface area contributed by atoms with E-state index in [1.807, 2.05) is 0 Å². The summed E-state index contributed by atoms with van der Waals surface area (Å²) in [7, 11) is 0. The molecule has 0 spiro atoms. The van der Waals surface area contributed by atoms with Gasteiger partial charge in [-0.3, -0.25) is 4.79 Å². The van der Waals surface area contributed by atoms with Crippen LogP contribution in [0, 0.1) is 10.1 Å². The van der Waals surface area contributed by atoms with Crippen LogP contribution >= 0.6 is 11.8 Å². The quantitative estimate of drug-likeness (QED) is 0.338. The summed E-state index contributed by atoms with van der Waals surface area (Å²) >= 11 is 1.04. The van der Waals surface area contributed by atoms with Crippen molar-refractivity contribution in [2.24, 2.45) is 0 Å². The second-order valence-electron chi connectivity index (χ2n) is 2.68. The van der Waals surface area contributed by atoms with Gasteiger partial charge in [-0.15, -0.1) is 11.8 Å². The van der Waals surface area contributed by atoms with E-state index in [1.54, 1.807) is 19.1 Å². The van der Waals surface area contributed by atoms with Crippen molar-refractivity contribution in [2.75, 3.05) is 12.4 Å². The Morgan fingerprint density at radius 2 is 2.44 bits per heavy atom. The van der Waals surface area contributed by atoms with Gasteiger partial charge >= 0.3 is 11.8 Å². The molecule has 0 aliphatic heterocycles. The Bertz CT molecular complexity index is 397. The summed E-state index contributed by atoms with van der Waals surface area (Å²) in [4.78, 5) is 25.1. The number of nitro groups is 1. The van der Waals surface area contributed by atoms with Gasteiger partial charge in [0.15, 0.2) is 0 Å². The van der Waals surface area contributed by atoms with Crippen LogP contribution in [0.1, 0.15) is 6.92 Å². The third-order valence-electron chi connectivity index (χ3n) is 1.57. The van der Waals surface area contributed by atoms with Gasteiger partial charge in [-0.05, 0) is 29.0 Å². The van der Waals surface area contributed by atoms with E-state index in [4.69, 9.17) is 4.74 Å². The molecule has 0 N–H and O–H groups in total. The van der Waals surface area contributed by atoms with E-state index in [0.717, 1.165) is 11.8 Å². The number of carbonyl (C=O) groups excluding carboxylic acids is 1. The molecule has 0 unspecified atom stereocenters. The Labute approximate surface area is 96.2 Å². The molecule has 16 heavy (non-hydrogen) atoms. The predicted molar refractivity (Wildman–Crippen MR) is 58.2 cm³/mol. The number of carbonyl (C=O) groups is 1. The largest absolute Gasteiger partial charge is 0.465 e. The van der Waals surface area contributed by atoms with Crippen LogP contribution in [0.25, 0.3) is 0 Å². The fraction of sp³-hybridized carbons (Fsp3) is 0.333. The minimum absolute atomic E-state index is 0.0420. The maximum atomic E-state index is 11.1. The molecule has 86 valence electrons. The van der Waals surface area contributed by atoms with Gasteiger partial charge in [-0.1, -0.05) is 0 Å². The van der Waals surface area contributed by atoms with E-state index in [0.29, 0.717) is 11.5 Å². The van der Waals surface area contributed by atoms with Gasteiger partial charge in [-0.25, -0.2) is 0 Å². The minimum Gasteiger partial charge on any atom is -0.465 e. The normalized spacial score (nSPS) is 9.81. The molecule has 0 saturated carbocycles. The number of aromatic nitrogens is 1. The average molecular weight is 242 g/mol. The lowest BCUT2D eigenvalue weighted by atomic mass is 10.5. The number of hydrogen-bond acceptors (Lipinski definition) is 6. The Kier molecular flexibility index (Phi) is 4.71. The van der Waals surface area contributed by atoms with Crippen molar-refractivity contribution in [1.29, 1.82) is 0 Å². The second kappa shape index (κ2) is 6.06. The first-order valence-corrected chi connectivity index (χ1v) is 5.51. The maximum absolute atomic E-state index is 11.1. The van der Waals surface area contributed by atoms with E-state index in [9.17, 15) is 14.9 Å². The number of thioether (sulfide) groups is 1. The molecule has 6 nitrogen and oxygen atoms in total. The van der Waals surface area contributed by atoms with Gasteiger partial charge in [0.2, 0.25) is 0 Å².